The number of sulfone groups is 2. The number of aromatic hydroxyl groups is 2. The Labute approximate surface area is 565 Å². The second-order valence-corrected chi connectivity index (χ2v) is 29.3. The first kappa shape index (κ1) is 75.8. The summed E-state index contributed by atoms with van der Waals surface area (Å²) in [7, 11) is -8.19. The number of nitrogens with one attached hydrogen (secondary N) is 4. The second kappa shape index (κ2) is 36.5. The second-order valence-electron chi connectivity index (χ2n) is 22.7. The van der Waals surface area contributed by atoms with Crippen molar-refractivity contribution in [1.82, 2.24) is 0 Å². The van der Waals surface area contributed by atoms with Gasteiger partial charge in [-0.25, -0.2) is 16.8 Å². The number of hydrogen-bond donors (Lipinski definition) is 6. The largest absolute Gasteiger partial charge is 0.506 e. The first-order valence-corrected chi connectivity index (χ1v) is 35.6. The number of hydrogen-bond acceptors (Lipinski definition) is 12. The van der Waals surface area contributed by atoms with Crippen LogP contribution in [0.5, 0.6) is 23.0 Å². The molecule has 4 unspecified atom stereocenters. The molecule has 0 aromatic heterocycles. The molecule has 0 bridgehead atoms. The van der Waals surface area contributed by atoms with Crippen LogP contribution in [0, 0.1) is 17.8 Å². The highest BCUT2D eigenvalue weighted by Crippen LogP contribution is 2.38. The van der Waals surface area contributed by atoms with Crippen molar-refractivity contribution in [2.24, 2.45) is 17.8 Å². The van der Waals surface area contributed by atoms with Crippen molar-refractivity contribution in [2.45, 2.75) is 152 Å². The van der Waals surface area contributed by atoms with Gasteiger partial charge in [-0.05, 0) is 134 Å². The van der Waals surface area contributed by atoms with Gasteiger partial charge in [-0.2, -0.15) is 0 Å². The van der Waals surface area contributed by atoms with Gasteiger partial charge in [0, 0.05) is 23.3 Å². The fourth-order valence-electron chi connectivity index (χ4n) is 9.53. The van der Waals surface area contributed by atoms with Crippen molar-refractivity contribution in [2.75, 3.05) is 34.5 Å². The molecule has 6 rings (SSSR count). The molecule has 0 heterocycles. The Morgan fingerprint density at radius 2 is 0.835 bits per heavy atom. The first-order valence-electron chi connectivity index (χ1n) is 30.2. The molecule has 0 aliphatic heterocycles. The Kier molecular flexibility index (Phi) is 30.4. The lowest BCUT2D eigenvalue weighted by Gasteiger charge is -2.22. The molecule has 0 saturated heterocycles. The van der Waals surface area contributed by atoms with Crippen LogP contribution >= 0.6 is 69.6 Å². The van der Waals surface area contributed by atoms with E-state index in [1.54, 1.807) is 45.0 Å². The number of carbonyl (C=O) groups is 4. The van der Waals surface area contributed by atoms with E-state index in [1.165, 1.54) is 124 Å². The average Bonchev–Trinajstić information content (AvgIpc) is 0.985. The molecule has 0 saturated carbocycles. The van der Waals surface area contributed by atoms with Gasteiger partial charge in [-0.1, -0.05) is 182 Å². The van der Waals surface area contributed by atoms with Gasteiger partial charge in [0.25, 0.3) is 11.8 Å². The molecule has 4 atom stereocenters. The molecular weight excluding hydrogens is 1330 g/mol. The molecule has 6 N–H and O–H groups in total. The molecule has 6 aromatic rings. The lowest BCUT2D eigenvalue weighted by atomic mass is 10.0. The van der Waals surface area contributed by atoms with E-state index in [-0.39, 0.29) is 80.2 Å². The summed E-state index contributed by atoms with van der Waals surface area (Å²) in [5.74, 6) is -2.37. The van der Waals surface area contributed by atoms with Crippen LogP contribution in [-0.2, 0) is 29.3 Å². The molecule has 494 valence electrons. The fraction of sp³-hybridized carbons (Fsp3) is 0.403. The highest BCUT2D eigenvalue weighted by Gasteiger charge is 2.38. The maximum absolute atomic E-state index is 13.6. The summed E-state index contributed by atoms with van der Waals surface area (Å²) >= 11 is 36.5. The third kappa shape index (κ3) is 22.6. The molecule has 24 heteroatoms. The van der Waals surface area contributed by atoms with Gasteiger partial charge in [-0.15, -0.1) is 0 Å². The van der Waals surface area contributed by atoms with Crippen LogP contribution in [0.4, 0.5) is 22.7 Å². The lowest BCUT2D eigenvalue weighted by molar-refractivity contribution is -0.117. The highest BCUT2D eigenvalue weighted by molar-refractivity contribution is 7.93. The summed E-state index contributed by atoms with van der Waals surface area (Å²) in [5, 5.41) is 29.1. The van der Waals surface area contributed by atoms with Crippen LogP contribution in [0.3, 0.4) is 0 Å². The number of ether oxygens (including phenoxy) is 2. The summed E-state index contributed by atoms with van der Waals surface area (Å²) < 4.78 is 65.8. The van der Waals surface area contributed by atoms with E-state index < -0.39 is 71.2 Å². The Hall–Kier alpha value is -5.96. The molecule has 0 aliphatic rings. The zero-order valence-corrected chi connectivity index (χ0v) is 58.1. The normalized spacial score (nSPS) is 12.8. The molecular formula is C67H80Cl6N4O12S2. The number of phenolic OH excluding ortho intramolecular Hbond substituents is 2. The number of benzene rings is 6. The van der Waals surface area contributed by atoms with Gasteiger partial charge in [0.1, 0.15) is 33.5 Å². The van der Waals surface area contributed by atoms with Crippen LogP contribution in [0.2, 0.25) is 30.1 Å². The van der Waals surface area contributed by atoms with Crippen molar-refractivity contribution >= 4 is 136 Å². The summed E-state index contributed by atoms with van der Waals surface area (Å²) in [4.78, 5) is 51.8. The standard InChI is InChI=1S/C36H45Cl3N2O6S.C31H35Cl3N2O6S/c1-4-6-7-8-9-10-11-12-13-24(3)23-47-26-15-17-27(18-16-26)48(45,46)34(5-2)36(44)40-31-22-33(42)32(21-30(31)39)41-35(43)25-14-19-28(37)29(38)20-25;1-5-6-7-19(4)17-42-21-9-11-22(12-10-21)43(40,41)29(18(2)3)31(39)35-26-16-28(37)27(15-25(26)34)36-30(38)20-8-13-23(32)24(33)14-20/h14-22,24,34,42H,4-13,23H2,1-3H3,(H,40,44)(H,41,43);8-16,18-19,29,37H,5-7,17H2,1-4H3,(H,35,39)(H,36,38). The van der Waals surface area contributed by atoms with E-state index in [0.717, 1.165) is 37.8 Å². The topological polar surface area (TPSA) is 244 Å². The van der Waals surface area contributed by atoms with Crippen LogP contribution in [-0.4, -0.2) is 74.4 Å². The third-order valence-corrected chi connectivity index (χ3v) is 21.4. The van der Waals surface area contributed by atoms with E-state index in [0.29, 0.717) is 36.5 Å². The summed E-state index contributed by atoms with van der Waals surface area (Å²) in [6, 6.07) is 25.4. The number of rotatable bonds is 32. The van der Waals surface area contributed by atoms with E-state index in [4.69, 9.17) is 79.1 Å². The van der Waals surface area contributed by atoms with Gasteiger partial charge in [0.05, 0.1) is 75.9 Å². The minimum atomic E-state index is -4.11. The maximum Gasteiger partial charge on any atom is 0.255 e. The fourth-order valence-corrected chi connectivity index (χ4v) is 14.0. The smallest absolute Gasteiger partial charge is 0.255 e. The molecule has 0 fully saturated rings. The summed E-state index contributed by atoms with van der Waals surface area (Å²) in [5.41, 5.74) is 0.265. The van der Waals surface area contributed by atoms with E-state index in [2.05, 4.69) is 49.0 Å². The zero-order valence-electron chi connectivity index (χ0n) is 51.9. The Morgan fingerprint density at radius 3 is 1.24 bits per heavy atom. The SMILES string of the molecule is CCCCC(C)COc1ccc(S(=O)(=O)C(C(=O)Nc2cc(O)c(NC(=O)c3ccc(Cl)c(Cl)c3)cc2Cl)C(C)C)cc1.CCCCCCCCCCC(C)COc1ccc(S(=O)(=O)C(CC)C(=O)Nc2cc(O)c(NC(=O)c3ccc(Cl)c(Cl)c3)cc2Cl)cc1. The summed E-state index contributed by atoms with van der Waals surface area (Å²) in [6.45, 7) is 14.5. The number of phenols is 2. The number of anilines is 4. The van der Waals surface area contributed by atoms with E-state index in [9.17, 15) is 46.2 Å². The van der Waals surface area contributed by atoms with E-state index >= 15 is 0 Å². The monoisotopic (exact) mass is 1410 g/mol. The van der Waals surface area contributed by atoms with Crippen molar-refractivity contribution in [3.8, 4) is 23.0 Å². The van der Waals surface area contributed by atoms with E-state index in [1.807, 2.05) is 0 Å². The molecule has 6 aromatic carbocycles. The molecule has 0 radical (unpaired) electrons. The average molecular weight is 1410 g/mol. The molecule has 0 aliphatic carbocycles. The van der Waals surface area contributed by atoms with Gasteiger partial charge < -0.3 is 41.0 Å². The maximum atomic E-state index is 13.6. The minimum Gasteiger partial charge on any atom is -0.506 e. The zero-order chi connectivity index (χ0) is 67.2. The Balaban J connectivity index is 0.000000333. The van der Waals surface area contributed by atoms with Crippen molar-refractivity contribution in [1.29, 1.82) is 0 Å². The van der Waals surface area contributed by atoms with Gasteiger partial charge in [0.2, 0.25) is 11.8 Å². The van der Waals surface area contributed by atoms with Crippen LogP contribution in [0.1, 0.15) is 153 Å². The third-order valence-electron chi connectivity index (χ3n) is 14.8. The molecule has 91 heavy (non-hydrogen) atoms. The molecule has 4 amide bonds. The van der Waals surface area contributed by atoms with Gasteiger partial charge >= 0.3 is 0 Å². The number of unbranched alkanes of at least 4 members (excludes halogenated alkanes) is 8. The van der Waals surface area contributed by atoms with Crippen molar-refractivity contribution in [3.05, 3.63) is 150 Å². The highest BCUT2D eigenvalue weighted by atomic mass is 35.5. The molecule has 16 nitrogen and oxygen atoms in total. The van der Waals surface area contributed by atoms with Gasteiger partial charge in [-0.3, -0.25) is 19.2 Å². The minimum absolute atomic E-state index is 0.00985. The van der Waals surface area contributed by atoms with Gasteiger partial charge in [0.15, 0.2) is 19.7 Å². The predicted octanol–water partition coefficient (Wildman–Crippen LogP) is 18.6. The Bertz CT molecular complexity index is 3670. The number of amides is 4. The first-order chi connectivity index (χ1) is 43.1. The van der Waals surface area contributed by atoms with Crippen LogP contribution < -0.4 is 30.7 Å². The summed E-state index contributed by atoms with van der Waals surface area (Å²) in [6.07, 6.45) is 14.5. The predicted molar refractivity (Wildman–Crippen MR) is 368 cm³/mol. The molecule has 0 spiro atoms. The van der Waals surface area contributed by atoms with Crippen molar-refractivity contribution < 1.29 is 55.7 Å². The van der Waals surface area contributed by atoms with Crippen molar-refractivity contribution in [3.63, 3.8) is 0 Å². The number of carbonyl (C=O) groups excluding carboxylic acids is 4. The van der Waals surface area contributed by atoms with Crippen LogP contribution in [0.15, 0.2) is 119 Å². The lowest BCUT2D eigenvalue weighted by Crippen LogP contribution is -2.39. The quantitative estimate of drug-likeness (QED) is 0.0171. The Morgan fingerprint density at radius 1 is 0.440 bits per heavy atom. The number of halogens is 6. The van der Waals surface area contributed by atoms with Crippen LogP contribution in [0.25, 0.3) is 0 Å².